The van der Waals surface area contributed by atoms with E-state index in [0.717, 1.165) is 11.8 Å². The van der Waals surface area contributed by atoms with Crippen LogP contribution in [0.2, 0.25) is 0 Å². The molecule has 0 saturated carbocycles. The van der Waals surface area contributed by atoms with Crippen molar-refractivity contribution in [3.63, 3.8) is 0 Å². The zero-order chi connectivity index (χ0) is 23.1. The topological polar surface area (TPSA) is 75.6 Å². The number of halogens is 5. The highest BCUT2D eigenvalue weighted by molar-refractivity contribution is 6.24. The van der Waals surface area contributed by atoms with E-state index in [2.05, 4.69) is 10.1 Å². The Balaban J connectivity index is 2.42. The summed E-state index contributed by atoms with van der Waals surface area (Å²) in [5, 5.41) is 12.1. The van der Waals surface area contributed by atoms with Gasteiger partial charge in [-0.3, -0.25) is 4.79 Å². The molecule has 0 aromatic heterocycles. The number of rotatable bonds is 9. The minimum absolute atomic E-state index is 0.228. The summed E-state index contributed by atoms with van der Waals surface area (Å²) in [4.78, 5) is 24.7. The second-order valence-electron chi connectivity index (χ2n) is 6.29. The zero-order valence-electron chi connectivity index (χ0n) is 16.2. The number of esters is 1. The van der Waals surface area contributed by atoms with Crippen molar-refractivity contribution in [2.24, 2.45) is 0 Å². The largest absolute Gasteiger partial charge is 0.462 e. The van der Waals surface area contributed by atoms with Gasteiger partial charge in [0.1, 0.15) is 11.1 Å². The number of carbonyl (C=O) groups excluding carboxylic acids is 2. The molecular formula is C21H18F5NO4. The molecule has 0 saturated heterocycles. The molecule has 31 heavy (non-hydrogen) atoms. The predicted molar refractivity (Wildman–Crippen MR) is 99.4 cm³/mol. The van der Waals surface area contributed by atoms with E-state index in [1.807, 2.05) is 0 Å². The quantitative estimate of drug-likeness (QED) is 0.0910. The first-order valence-electron chi connectivity index (χ1n) is 9.07. The summed E-state index contributed by atoms with van der Waals surface area (Å²) in [5.41, 5.74) is -2.01. The lowest BCUT2D eigenvalue weighted by Crippen LogP contribution is -2.32. The smallest absolute Gasteiger partial charge is 0.343 e. The lowest BCUT2D eigenvalue weighted by Gasteiger charge is -2.16. The summed E-state index contributed by atoms with van der Waals surface area (Å²) in [6, 6.07) is 8.02. The summed E-state index contributed by atoms with van der Waals surface area (Å²) in [5.74, 6) is -14.9. The van der Waals surface area contributed by atoms with Gasteiger partial charge in [-0.05, 0) is 18.9 Å². The van der Waals surface area contributed by atoms with Crippen LogP contribution >= 0.6 is 0 Å². The molecule has 0 fully saturated rings. The van der Waals surface area contributed by atoms with Gasteiger partial charge >= 0.3 is 5.97 Å². The van der Waals surface area contributed by atoms with Gasteiger partial charge in [-0.1, -0.05) is 30.3 Å². The average molecular weight is 443 g/mol. The van der Waals surface area contributed by atoms with Crippen molar-refractivity contribution in [1.82, 2.24) is 5.32 Å². The van der Waals surface area contributed by atoms with Gasteiger partial charge < -0.3 is 15.2 Å². The molecular weight excluding hydrogens is 425 g/mol. The maximum atomic E-state index is 14.0. The lowest BCUT2D eigenvalue weighted by atomic mass is 10.0. The van der Waals surface area contributed by atoms with Gasteiger partial charge in [-0.2, -0.15) is 0 Å². The summed E-state index contributed by atoms with van der Waals surface area (Å²) < 4.78 is 73.0. The van der Waals surface area contributed by atoms with Gasteiger partial charge in [0.2, 0.25) is 11.6 Å². The van der Waals surface area contributed by atoms with Gasteiger partial charge in [0, 0.05) is 6.20 Å². The first-order valence-corrected chi connectivity index (χ1v) is 9.07. The number of hydrogen-bond donors (Lipinski definition) is 2. The Kier molecular flexibility index (Phi) is 8.26. The van der Waals surface area contributed by atoms with Crippen LogP contribution in [0.25, 0.3) is 0 Å². The Morgan fingerprint density at radius 2 is 1.55 bits per heavy atom. The SMILES string of the molecule is CCOC(=O)/C(=C\NC(CO)Cc1ccccc1)C(=O)c1c(F)c(F)c(F)c(F)c1F. The van der Waals surface area contributed by atoms with E-state index >= 15 is 0 Å². The van der Waals surface area contributed by atoms with Crippen molar-refractivity contribution in [3.8, 4) is 0 Å². The number of Topliss-reactive ketones (excluding diaryl/α,β-unsaturated/α-hetero) is 1. The number of benzene rings is 2. The van der Waals surface area contributed by atoms with E-state index in [1.165, 1.54) is 6.92 Å². The molecule has 0 bridgehead atoms. The van der Waals surface area contributed by atoms with E-state index in [0.29, 0.717) is 0 Å². The van der Waals surface area contributed by atoms with Crippen LogP contribution in [0.1, 0.15) is 22.8 Å². The molecule has 0 heterocycles. The van der Waals surface area contributed by atoms with Gasteiger partial charge in [0.25, 0.3) is 0 Å². The van der Waals surface area contributed by atoms with Crippen LogP contribution in [0.4, 0.5) is 22.0 Å². The van der Waals surface area contributed by atoms with Crippen LogP contribution in [-0.2, 0) is 16.0 Å². The number of aliphatic hydroxyl groups is 1. The summed E-state index contributed by atoms with van der Waals surface area (Å²) in [7, 11) is 0. The third-order valence-electron chi connectivity index (χ3n) is 4.19. The minimum atomic E-state index is -2.44. The molecule has 0 aliphatic heterocycles. The van der Waals surface area contributed by atoms with Crippen LogP contribution in [-0.4, -0.2) is 36.1 Å². The average Bonchev–Trinajstić information content (AvgIpc) is 2.76. The van der Waals surface area contributed by atoms with E-state index < -0.39 is 64.6 Å². The molecule has 0 aliphatic rings. The molecule has 1 atom stereocenters. The molecule has 1 unspecified atom stereocenters. The van der Waals surface area contributed by atoms with Gasteiger partial charge in [0.05, 0.1) is 19.3 Å². The van der Waals surface area contributed by atoms with Gasteiger partial charge in [0.15, 0.2) is 23.3 Å². The lowest BCUT2D eigenvalue weighted by molar-refractivity contribution is -0.138. The molecule has 5 nitrogen and oxygen atoms in total. The fourth-order valence-corrected chi connectivity index (χ4v) is 2.64. The van der Waals surface area contributed by atoms with Crippen LogP contribution in [0, 0.1) is 29.1 Å². The normalized spacial score (nSPS) is 12.4. The van der Waals surface area contributed by atoms with E-state index in [-0.39, 0.29) is 13.0 Å². The van der Waals surface area contributed by atoms with Gasteiger partial charge in [-0.25, -0.2) is 26.7 Å². The maximum absolute atomic E-state index is 14.0. The summed E-state index contributed by atoms with van der Waals surface area (Å²) in [6.45, 7) is 0.698. The zero-order valence-corrected chi connectivity index (χ0v) is 16.2. The third kappa shape index (κ3) is 5.46. The van der Waals surface area contributed by atoms with Crippen LogP contribution < -0.4 is 5.32 Å². The number of ketones is 1. The number of carbonyl (C=O) groups is 2. The van der Waals surface area contributed by atoms with Crippen LogP contribution in [0.15, 0.2) is 42.1 Å². The Labute approximate surface area is 174 Å². The first-order chi connectivity index (χ1) is 14.7. The van der Waals surface area contributed by atoms with Crippen LogP contribution in [0.3, 0.4) is 0 Å². The molecule has 0 aliphatic carbocycles. The molecule has 2 aromatic rings. The Morgan fingerprint density at radius 3 is 2.06 bits per heavy atom. The van der Waals surface area contributed by atoms with Crippen molar-refractivity contribution >= 4 is 11.8 Å². The van der Waals surface area contributed by atoms with E-state index in [9.17, 15) is 36.6 Å². The Morgan fingerprint density at radius 1 is 1.00 bits per heavy atom. The van der Waals surface area contributed by atoms with Gasteiger partial charge in [-0.15, -0.1) is 0 Å². The molecule has 0 amide bonds. The molecule has 2 N–H and O–H groups in total. The number of hydrogen-bond acceptors (Lipinski definition) is 5. The van der Waals surface area contributed by atoms with E-state index in [4.69, 9.17) is 0 Å². The molecule has 2 rings (SSSR count). The number of nitrogens with one attached hydrogen (secondary N) is 1. The van der Waals surface area contributed by atoms with Crippen molar-refractivity contribution < 1.29 is 41.4 Å². The first kappa shape index (κ1) is 24.0. The standard InChI is InChI=1S/C21H18F5NO4/c1-2-31-21(30)13(9-27-12(10-28)8-11-6-4-3-5-7-11)20(29)14-15(22)17(24)19(26)18(25)16(14)23/h3-7,9,12,27-28H,2,8,10H2,1H3/b13-9-. The molecule has 166 valence electrons. The third-order valence-corrected chi connectivity index (χ3v) is 4.19. The number of aliphatic hydroxyl groups excluding tert-OH is 1. The predicted octanol–water partition coefficient (Wildman–Crippen LogP) is 3.21. The molecule has 0 spiro atoms. The maximum Gasteiger partial charge on any atom is 0.343 e. The fourth-order valence-electron chi connectivity index (χ4n) is 2.64. The highest BCUT2D eigenvalue weighted by atomic mass is 19.2. The summed E-state index contributed by atoms with van der Waals surface area (Å²) in [6.07, 6.45) is 0.961. The fraction of sp³-hybridized carbons (Fsp3) is 0.238. The van der Waals surface area contributed by atoms with Crippen molar-refractivity contribution in [1.29, 1.82) is 0 Å². The number of ether oxygens (including phenoxy) is 1. The molecule has 10 heteroatoms. The van der Waals surface area contributed by atoms with Crippen molar-refractivity contribution in [2.75, 3.05) is 13.2 Å². The highest BCUT2D eigenvalue weighted by Gasteiger charge is 2.33. The van der Waals surface area contributed by atoms with Crippen molar-refractivity contribution in [2.45, 2.75) is 19.4 Å². The minimum Gasteiger partial charge on any atom is -0.462 e. The monoisotopic (exact) mass is 443 g/mol. The second-order valence-corrected chi connectivity index (χ2v) is 6.29. The second kappa shape index (κ2) is 10.7. The Bertz CT molecular complexity index is 966. The molecule has 2 aromatic carbocycles. The van der Waals surface area contributed by atoms with E-state index in [1.54, 1.807) is 30.3 Å². The summed E-state index contributed by atoms with van der Waals surface area (Å²) >= 11 is 0. The van der Waals surface area contributed by atoms with Crippen molar-refractivity contribution in [3.05, 3.63) is 82.3 Å². The van der Waals surface area contributed by atoms with Crippen LogP contribution in [0.5, 0.6) is 0 Å². The highest BCUT2D eigenvalue weighted by Crippen LogP contribution is 2.25. The molecule has 0 radical (unpaired) electrons. The Hall–Kier alpha value is -3.27.